The average Bonchev–Trinajstić information content (AvgIpc) is 3.31. The molecule has 0 spiro atoms. The van der Waals surface area contributed by atoms with Crippen LogP contribution < -0.4 is 14.7 Å². The second-order valence-corrected chi connectivity index (χ2v) is 7.73. The summed E-state index contributed by atoms with van der Waals surface area (Å²) in [6, 6.07) is 24.0. The molecule has 6 nitrogen and oxygen atoms in total. The largest absolute Gasteiger partial charge is 0.497 e. The Morgan fingerprint density at radius 3 is 2.19 bits per heavy atom. The number of rotatable bonds is 4. The molecule has 0 radical (unpaired) electrons. The number of nitrogens with zero attached hydrogens (tertiary/aromatic N) is 2. The van der Waals surface area contributed by atoms with Crippen LogP contribution in [0.3, 0.4) is 0 Å². The van der Waals surface area contributed by atoms with Gasteiger partial charge in [-0.15, -0.1) is 0 Å². The molecule has 2 aliphatic rings. The minimum Gasteiger partial charge on any atom is -0.497 e. The highest BCUT2D eigenvalue weighted by atomic mass is 16.7. The molecular formula is C25H22N2O4. The molecule has 2 saturated heterocycles. The first kappa shape index (κ1) is 19.3. The highest BCUT2D eigenvalue weighted by Crippen LogP contribution is 2.48. The second kappa shape index (κ2) is 7.56. The molecular weight excluding hydrogens is 392 g/mol. The Hall–Kier alpha value is -3.64. The SMILES string of the molecule is COc1ccc([C@H]2[C@@H]3C(=O)N(c4ccccc4C)C(=O)[C@@H]3ON2c2ccccc2)cc1. The fourth-order valence-corrected chi connectivity index (χ4v) is 4.41. The zero-order valence-corrected chi connectivity index (χ0v) is 17.3. The number of ether oxygens (including phenoxy) is 1. The molecule has 0 saturated carbocycles. The molecule has 2 fully saturated rings. The van der Waals surface area contributed by atoms with Crippen LogP contribution in [0.25, 0.3) is 0 Å². The number of hydrogen-bond donors (Lipinski definition) is 0. The third kappa shape index (κ3) is 3.07. The summed E-state index contributed by atoms with van der Waals surface area (Å²) in [5.41, 5.74) is 3.14. The van der Waals surface area contributed by atoms with Crippen molar-refractivity contribution >= 4 is 23.2 Å². The lowest BCUT2D eigenvalue weighted by Crippen LogP contribution is -2.37. The second-order valence-electron chi connectivity index (χ2n) is 7.73. The first-order valence-corrected chi connectivity index (χ1v) is 10.2. The summed E-state index contributed by atoms with van der Waals surface area (Å²) < 4.78 is 5.28. The van der Waals surface area contributed by atoms with Crippen LogP contribution in [-0.2, 0) is 14.4 Å². The molecule has 6 heteroatoms. The summed E-state index contributed by atoms with van der Waals surface area (Å²) in [6.45, 7) is 1.89. The number of methoxy groups -OCH3 is 1. The van der Waals surface area contributed by atoms with Gasteiger partial charge in [0, 0.05) is 0 Å². The van der Waals surface area contributed by atoms with Crippen molar-refractivity contribution in [3.05, 3.63) is 90.0 Å². The van der Waals surface area contributed by atoms with Gasteiger partial charge in [0.25, 0.3) is 5.91 Å². The summed E-state index contributed by atoms with van der Waals surface area (Å²) in [4.78, 5) is 34.4. The number of imide groups is 1. The summed E-state index contributed by atoms with van der Waals surface area (Å²) in [7, 11) is 1.61. The Bertz CT molecular complexity index is 1130. The zero-order valence-electron chi connectivity index (χ0n) is 17.3. The van der Waals surface area contributed by atoms with Gasteiger partial charge in [-0.25, -0.2) is 9.96 Å². The molecule has 156 valence electrons. The van der Waals surface area contributed by atoms with Crippen LogP contribution in [0.2, 0.25) is 0 Å². The van der Waals surface area contributed by atoms with Gasteiger partial charge in [-0.1, -0.05) is 48.5 Å². The normalized spacial score (nSPS) is 22.7. The number of fused-ring (bicyclic) bond motifs is 1. The lowest BCUT2D eigenvalue weighted by molar-refractivity contribution is -0.126. The maximum Gasteiger partial charge on any atom is 0.266 e. The van der Waals surface area contributed by atoms with E-state index in [-0.39, 0.29) is 11.8 Å². The van der Waals surface area contributed by atoms with Gasteiger partial charge in [-0.2, -0.15) is 0 Å². The third-order valence-electron chi connectivity index (χ3n) is 5.94. The van der Waals surface area contributed by atoms with Gasteiger partial charge >= 0.3 is 0 Å². The number of anilines is 2. The number of hydrogen-bond acceptors (Lipinski definition) is 5. The first-order valence-electron chi connectivity index (χ1n) is 10.2. The number of carbonyl (C=O) groups excluding carboxylic acids is 2. The molecule has 2 amide bonds. The topological polar surface area (TPSA) is 59.1 Å². The Balaban J connectivity index is 1.59. The fourth-order valence-electron chi connectivity index (χ4n) is 4.41. The van der Waals surface area contributed by atoms with Crippen molar-refractivity contribution in [3.8, 4) is 5.75 Å². The molecule has 0 aromatic heterocycles. The lowest BCUT2D eigenvalue weighted by atomic mass is 9.90. The van der Waals surface area contributed by atoms with E-state index in [2.05, 4.69) is 0 Å². The van der Waals surface area contributed by atoms with E-state index in [1.165, 1.54) is 4.90 Å². The zero-order chi connectivity index (χ0) is 21.5. The summed E-state index contributed by atoms with van der Waals surface area (Å²) in [6.07, 6.45) is -0.876. The minimum atomic E-state index is -0.876. The molecule has 0 bridgehead atoms. The monoisotopic (exact) mass is 414 g/mol. The van der Waals surface area contributed by atoms with Crippen molar-refractivity contribution in [3.63, 3.8) is 0 Å². The Morgan fingerprint density at radius 2 is 1.52 bits per heavy atom. The van der Waals surface area contributed by atoms with E-state index in [0.29, 0.717) is 5.69 Å². The molecule has 3 aromatic carbocycles. The molecule has 0 unspecified atom stereocenters. The molecule has 0 N–H and O–H groups in total. The van der Waals surface area contributed by atoms with Crippen molar-refractivity contribution in [1.82, 2.24) is 0 Å². The van der Waals surface area contributed by atoms with Crippen LogP contribution in [0, 0.1) is 12.8 Å². The van der Waals surface area contributed by atoms with Crippen molar-refractivity contribution in [2.24, 2.45) is 5.92 Å². The van der Waals surface area contributed by atoms with Gasteiger partial charge < -0.3 is 4.74 Å². The summed E-state index contributed by atoms with van der Waals surface area (Å²) >= 11 is 0. The molecule has 3 aromatic rings. The Labute approximate surface area is 180 Å². The lowest BCUT2D eigenvalue weighted by Gasteiger charge is -2.29. The van der Waals surface area contributed by atoms with Gasteiger partial charge in [-0.05, 0) is 48.4 Å². The van der Waals surface area contributed by atoms with E-state index < -0.39 is 18.1 Å². The number of amides is 2. The predicted molar refractivity (Wildman–Crippen MR) is 117 cm³/mol. The van der Waals surface area contributed by atoms with Gasteiger partial charge in [0.15, 0.2) is 6.10 Å². The van der Waals surface area contributed by atoms with E-state index >= 15 is 0 Å². The number of aryl methyl sites for hydroxylation is 1. The van der Waals surface area contributed by atoms with Gasteiger partial charge in [0.05, 0.1) is 24.5 Å². The van der Waals surface area contributed by atoms with E-state index in [0.717, 1.165) is 22.6 Å². The van der Waals surface area contributed by atoms with Crippen LogP contribution in [0.5, 0.6) is 5.75 Å². The van der Waals surface area contributed by atoms with Gasteiger partial charge in [-0.3, -0.25) is 14.4 Å². The maximum absolute atomic E-state index is 13.6. The van der Waals surface area contributed by atoms with Crippen molar-refractivity contribution in [1.29, 1.82) is 0 Å². The molecule has 3 atom stereocenters. The first-order chi connectivity index (χ1) is 15.1. The predicted octanol–water partition coefficient (Wildman–Crippen LogP) is 4.05. The van der Waals surface area contributed by atoms with Gasteiger partial charge in [0.2, 0.25) is 5.91 Å². The fraction of sp³-hybridized carbons (Fsp3) is 0.200. The Kier molecular flexibility index (Phi) is 4.71. The van der Waals surface area contributed by atoms with Gasteiger partial charge in [0.1, 0.15) is 11.7 Å². The smallest absolute Gasteiger partial charge is 0.266 e. The minimum absolute atomic E-state index is 0.247. The highest BCUT2D eigenvalue weighted by molar-refractivity contribution is 6.24. The summed E-state index contributed by atoms with van der Waals surface area (Å²) in [5.74, 6) is -0.508. The number of carbonyl (C=O) groups is 2. The molecule has 0 aliphatic carbocycles. The quantitative estimate of drug-likeness (QED) is 0.603. The van der Waals surface area contributed by atoms with Crippen molar-refractivity contribution in [2.75, 3.05) is 17.1 Å². The summed E-state index contributed by atoms with van der Waals surface area (Å²) in [5, 5.41) is 1.70. The van der Waals surface area contributed by atoms with Crippen molar-refractivity contribution in [2.45, 2.75) is 19.1 Å². The van der Waals surface area contributed by atoms with Crippen LogP contribution in [0.1, 0.15) is 17.2 Å². The van der Waals surface area contributed by atoms with Crippen molar-refractivity contribution < 1.29 is 19.2 Å². The van der Waals surface area contributed by atoms with E-state index in [9.17, 15) is 9.59 Å². The standard InChI is InChI=1S/C25H22N2O4/c1-16-8-6-7-11-20(16)26-24(28)21-22(17-12-14-19(30-2)15-13-17)27(31-23(21)25(26)29)18-9-4-3-5-10-18/h3-15,21-23H,1-2H3/t21-,22-,23+/m0/s1. The van der Waals surface area contributed by atoms with E-state index in [1.54, 1.807) is 18.2 Å². The van der Waals surface area contributed by atoms with Crippen LogP contribution >= 0.6 is 0 Å². The van der Waals surface area contributed by atoms with Crippen LogP contribution in [0.15, 0.2) is 78.9 Å². The maximum atomic E-state index is 13.6. The number of para-hydroxylation sites is 2. The molecule has 5 rings (SSSR count). The van der Waals surface area contributed by atoms with E-state index in [4.69, 9.17) is 9.57 Å². The molecule has 2 aliphatic heterocycles. The highest BCUT2D eigenvalue weighted by Gasteiger charge is 2.60. The number of hydroxylamine groups is 1. The average molecular weight is 414 g/mol. The molecule has 31 heavy (non-hydrogen) atoms. The Morgan fingerprint density at radius 1 is 0.839 bits per heavy atom. The van der Waals surface area contributed by atoms with E-state index in [1.807, 2.05) is 79.7 Å². The van der Waals surface area contributed by atoms with Crippen LogP contribution in [0.4, 0.5) is 11.4 Å². The number of benzene rings is 3. The third-order valence-corrected chi connectivity index (χ3v) is 5.94. The van der Waals surface area contributed by atoms with Crippen LogP contribution in [-0.4, -0.2) is 25.0 Å². The molecule has 2 heterocycles.